The zero-order chi connectivity index (χ0) is 16.4. The van der Waals surface area contributed by atoms with Crippen LogP contribution in [0.4, 0.5) is 0 Å². The van der Waals surface area contributed by atoms with Gasteiger partial charge >= 0.3 is 5.97 Å². The zero-order valence-electron chi connectivity index (χ0n) is 12.2. The minimum absolute atomic E-state index is 0.0827. The number of carboxylic acids is 1. The summed E-state index contributed by atoms with van der Waals surface area (Å²) in [5.74, 6) is -0.894. The van der Waals surface area contributed by atoms with Crippen molar-refractivity contribution in [2.45, 2.75) is 31.2 Å². The first-order valence-corrected chi connectivity index (χ1v) is 7.62. The van der Waals surface area contributed by atoms with Crippen molar-refractivity contribution >= 4 is 23.5 Å². The third-order valence-corrected chi connectivity index (χ3v) is 4.30. The van der Waals surface area contributed by atoms with Crippen LogP contribution in [-0.4, -0.2) is 27.7 Å². The quantitative estimate of drug-likeness (QED) is 0.876. The Morgan fingerprint density at radius 3 is 2.57 bits per heavy atom. The Bertz CT molecular complexity index is 735. The number of nitrogens with zero attached hydrogens (tertiary/aromatic N) is 1. The highest BCUT2D eigenvalue weighted by Gasteiger charge is 2.40. The summed E-state index contributed by atoms with van der Waals surface area (Å²) in [5.41, 5.74) is 0.221. The van der Waals surface area contributed by atoms with E-state index in [1.165, 1.54) is 6.07 Å². The molecule has 1 heterocycles. The summed E-state index contributed by atoms with van der Waals surface area (Å²) in [4.78, 5) is 23.2. The van der Waals surface area contributed by atoms with Gasteiger partial charge in [-0.3, -0.25) is 9.59 Å². The number of hydrogen-bond donors (Lipinski definition) is 2. The van der Waals surface area contributed by atoms with E-state index in [2.05, 4.69) is 10.5 Å². The number of nitrogens with one attached hydrogen (secondary N) is 1. The summed E-state index contributed by atoms with van der Waals surface area (Å²) in [6, 6.07) is 8.50. The van der Waals surface area contributed by atoms with E-state index in [0.717, 1.165) is 12.0 Å². The Hall–Kier alpha value is -2.34. The Morgan fingerprint density at radius 2 is 2.00 bits per heavy atom. The summed E-state index contributed by atoms with van der Waals surface area (Å²) < 4.78 is 5.19. The number of carbonyl (C=O) groups excluding carboxylic acids is 1. The highest BCUT2D eigenvalue weighted by Crippen LogP contribution is 2.35. The lowest BCUT2D eigenvalue weighted by Crippen LogP contribution is -2.54. The molecule has 0 unspecified atom stereocenters. The largest absolute Gasteiger partial charge is 0.481 e. The summed E-state index contributed by atoms with van der Waals surface area (Å²) in [5, 5.41) is 16.1. The molecule has 0 saturated heterocycles. The third-order valence-electron chi connectivity index (χ3n) is 4.05. The van der Waals surface area contributed by atoms with Gasteiger partial charge in [0.1, 0.15) is 0 Å². The molecule has 1 fully saturated rings. The number of benzene rings is 1. The molecule has 0 spiro atoms. The topological polar surface area (TPSA) is 92.4 Å². The van der Waals surface area contributed by atoms with E-state index < -0.39 is 17.4 Å². The molecule has 1 aliphatic rings. The summed E-state index contributed by atoms with van der Waals surface area (Å²) in [6.07, 6.45) is 2.14. The van der Waals surface area contributed by atoms with Crippen LogP contribution >= 0.6 is 11.6 Å². The molecule has 0 radical (unpaired) electrons. The molecule has 1 aromatic carbocycles. The van der Waals surface area contributed by atoms with Gasteiger partial charge in [0.2, 0.25) is 0 Å². The van der Waals surface area contributed by atoms with Crippen LogP contribution in [0, 0.1) is 0 Å². The average Bonchev–Trinajstić information content (AvgIpc) is 2.95. The van der Waals surface area contributed by atoms with Crippen LogP contribution in [0.1, 0.15) is 36.2 Å². The van der Waals surface area contributed by atoms with Gasteiger partial charge < -0.3 is 14.9 Å². The van der Waals surface area contributed by atoms with Crippen LogP contribution in [0.5, 0.6) is 0 Å². The van der Waals surface area contributed by atoms with Gasteiger partial charge in [-0.15, -0.1) is 0 Å². The maximum absolute atomic E-state index is 12.3. The molecule has 3 rings (SSSR count). The molecular weight excluding hydrogens is 320 g/mol. The standard InChI is InChI=1S/C16H15ClN2O4/c17-11-4-2-10(3-5-11)13-8-12(19-23-13)15(22)18-16(6-1-7-16)9-14(20)21/h2-5,8H,1,6-7,9H2,(H,18,22)(H,20,21). The highest BCUT2D eigenvalue weighted by atomic mass is 35.5. The van der Waals surface area contributed by atoms with Crippen LogP contribution in [0.2, 0.25) is 5.02 Å². The molecule has 1 aromatic heterocycles. The summed E-state index contributed by atoms with van der Waals surface area (Å²) >= 11 is 5.83. The molecule has 2 aromatic rings. The Labute approximate surface area is 137 Å². The molecule has 23 heavy (non-hydrogen) atoms. The molecule has 120 valence electrons. The van der Waals surface area contributed by atoms with E-state index in [9.17, 15) is 9.59 Å². The number of carbonyl (C=O) groups is 2. The van der Waals surface area contributed by atoms with Gasteiger partial charge in [0.15, 0.2) is 11.5 Å². The second-order valence-corrected chi connectivity index (χ2v) is 6.18. The second-order valence-electron chi connectivity index (χ2n) is 5.74. The third kappa shape index (κ3) is 3.37. The van der Waals surface area contributed by atoms with Crippen molar-refractivity contribution in [2.24, 2.45) is 0 Å². The smallest absolute Gasteiger partial charge is 0.305 e. The van der Waals surface area contributed by atoms with Crippen molar-refractivity contribution in [3.8, 4) is 11.3 Å². The summed E-state index contributed by atoms with van der Waals surface area (Å²) in [6.45, 7) is 0. The molecule has 1 saturated carbocycles. The van der Waals surface area contributed by atoms with Gasteiger partial charge in [0.05, 0.1) is 12.0 Å². The number of carboxylic acid groups (broad SMARTS) is 1. The minimum Gasteiger partial charge on any atom is -0.481 e. The van der Waals surface area contributed by atoms with Crippen molar-refractivity contribution in [3.05, 3.63) is 41.0 Å². The fourth-order valence-electron chi connectivity index (χ4n) is 2.68. The minimum atomic E-state index is -0.924. The van der Waals surface area contributed by atoms with E-state index in [-0.39, 0.29) is 12.1 Å². The Morgan fingerprint density at radius 1 is 1.30 bits per heavy atom. The Kier molecular flexibility index (Phi) is 4.09. The van der Waals surface area contributed by atoms with E-state index in [4.69, 9.17) is 21.2 Å². The summed E-state index contributed by atoms with van der Waals surface area (Å²) in [7, 11) is 0. The first kappa shape index (κ1) is 15.6. The van der Waals surface area contributed by atoms with Crippen LogP contribution in [-0.2, 0) is 4.79 Å². The van der Waals surface area contributed by atoms with Gasteiger partial charge in [-0.2, -0.15) is 0 Å². The van der Waals surface area contributed by atoms with Gasteiger partial charge in [-0.1, -0.05) is 16.8 Å². The number of amides is 1. The SMILES string of the molecule is O=C(O)CC1(NC(=O)c2cc(-c3ccc(Cl)cc3)on2)CCC1. The molecule has 0 bridgehead atoms. The maximum Gasteiger partial charge on any atom is 0.305 e. The predicted octanol–water partition coefficient (Wildman–Crippen LogP) is 3.12. The fourth-order valence-corrected chi connectivity index (χ4v) is 2.80. The van der Waals surface area contributed by atoms with E-state index in [1.54, 1.807) is 24.3 Å². The second kappa shape index (κ2) is 6.04. The average molecular weight is 335 g/mol. The number of rotatable bonds is 5. The maximum atomic E-state index is 12.3. The number of aliphatic carboxylic acids is 1. The fraction of sp³-hybridized carbons (Fsp3) is 0.312. The first-order valence-electron chi connectivity index (χ1n) is 7.24. The van der Waals surface area contributed by atoms with Gasteiger partial charge in [0.25, 0.3) is 5.91 Å². The molecule has 1 amide bonds. The van der Waals surface area contributed by atoms with Gasteiger partial charge in [-0.25, -0.2) is 0 Å². The van der Waals surface area contributed by atoms with Gasteiger partial charge in [-0.05, 0) is 43.5 Å². The van der Waals surface area contributed by atoms with Crippen LogP contribution < -0.4 is 5.32 Å². The van der Waals surface area contributed by atoms with Crippen molar-refractivity contribution in [3.63, 3.8) is 0 Å². The molecule has 6 nitrogen and oxygen atoms in total. The zero-order valence-corrected chi connectivity index (χ0v) is 13.0. The Balaban J connectivity index is 1.73. The first-order chi connectivity index (χ1) is 11.0. The molecule has 2 N–H and O–H groups in total. The van der Waals surface area contributed by atoms with Crippen LogP contribution in [0.15, 0.2) is 34.9 Å². The van der Waals surface area contributed by atoms with E-state index >= 15 is 0 Å². The lowest BCUT2D eigenvalue weighted by Gasteiger charge is -2.41. The molecule has 7 heteroatoms. The van der Waals surface area contributed by atoms with Crippen LogP contribution in [0.25, 0.3) is 11.3 Å². The van der Waals surface area contributed by atoms with Crippen molar-refractivity contribution in [1.29, 1.82) is 0 Å². The predicted molar refractivity (Wildman–Crippen MR) is 83.3 cm³/mol. The van der Waals surface area contributed by atoms with E-state index in [1.807, 2.05) is 0 Å². The number of hydrogen-bond acceptors (Lipinski definition) is 4. The van der Waals surface area contributed by atoms with Crippen LogP contribution in [0.3, 0.4) is 0 Å². The number of halogens is 1. The molecule has 0 atom stereocenters. The molecule has 0 aliphatic heterocycles. The molecule has 1 aliphatic carbocycles. The lowest BCUT2D eigenvalue weighted by molar-refractivity contribution is -0.139. The monoisotopic (exact) mass is 334 g/mol. The van der Waals surface area contributed by atoms with Crippen molar-refractivity contribution in [1.82, 2.24) is 10.5 Å². The lowest BCUT2D eigenvalue weighted by atomic mass is 9.74. The highest BCUT2D eigenvalue weighted by molar-refractivity contribution is 6.30. The van der Waals surface area contributed by atoms with Gasteiger partial charge in [0, 0.05) is 16.7 Å². The van der Waals surface area contributed by atoms with E-state index in [0.29, 0.717) is 23.6 Å². The normalized spacial score (nSPS) is 15.7. The van der Waals surface area contributed by atoms with Crippen molar-refractivity contribution in [2.75, 3.05) is 0 Å². The van der Waals surface area contributed by atoms with Crippen molar-refractivity contribution < 1.29 is 19.2 Å². The number of aromatic nitrogens is 1. The molecular formula is C16H15ClN2O4.